The van der Waals surface area contributed by atoms with E-state index in [1.165, 1.54) is 24.6 Å². The number of nitrogens with one attached hydrogen (secondary N) is 1. The predicted octanol–water partition coefficient (Wildman–Crippen LogP) is 5.08. The largest absolute Gasteiger partial charge is 0.495 e. The second-order valence-electron chi connectivity index (χ2n) is 7.53. The van der Waals surface area contributed by atoms with Crippen molar-refractivity contribution in [3.05, 3.63) is 45.9 Å². The summed E-state index contributed by atoms with van der Waals surface area (Å²) in [6.07, 6.45) is 4.38. The average Bonchev–Trinajstić information content (AvgIpc) is 2.79. The summed E-state index contributed by atoms with van der Waals surface area (Å²) in [6, 6.07) is 9.29. The maximum Gasteiger partial charge on any atom is 0.243 e. The molecule has 32 heavy (non-hydrogen) atoms. The van der Waals surface area contributed by atoms with Gasteiger partial charge in [0.1, 0.15) is 11.5 Å². The van der Waals surface area contributed by atoms with Gasteiger partial charge in [-0.25, -0.2) is 8.42 Å². The fraction of sp³-hybridized carbons (Fsp3) is 0.409. The molecule has 174 valence electrons. The number of halogens is 2. The number of ether oxygens (including phenoxy) is 2. The topological polar surface area (TPSA) is 84.9 Å². The molecule has 2 aromatic carbocycles. The highest BCUT2D eigenvalue weighted by molar-refractivity contribution is 9.10. The number of amides is 1. The molecule has 7 nitrogen and oxygen atoms in total. The molecule has 0 aromatic heterocycles. The van der Waals surface area contributed by atoms with Crippen LogP contribution in [-0.2, 0) is 14.8 Å². The molecule has 1 aliphatic rings. The second kappa shape index (κ2) is 10.9. The van der Waals surface area contributed by atoms with Crippen molar-refractivity contribution in [3.8, 4) is 11.5 Å². The Bertz CT molecular complexity index is 1060. The minimum atomic E-state index is -3.87. The Labute approximate surface area is 202 Å². The molecule has 3 rings (SSSR count). The van der Waals surface area contributed by atoms with Gasteiger partial charge in [0.15, 0.2) is 0 Å². The lowest BCUT2D eigenvalue weighted by atomic mass is 9.95. The molecule has 10 heteroatoms. The first kappa shape index (κ1) is 24.8. The Morgan fingerprint density at radius 1 is 1.09 bits per heavy atom. The van der Waals surface area contributed by atoms with Gasteiger partial charge in [0.05, 0.1) is 36.4 Å². The number of hydrogen-bond acceptors (Lipinski definition) is 5. The van der Waals surface area contributed by atoms with Crippen molar-refractivity contribution in [1.82, 2.24) is 4.31 Å². The number of hydrogen-bond donors (Lipinski definition) is 1. The molecule has 1 N–H and O–H groups in total. The number of anilines is 1. The molecule has 0 spiro atoms. The summed E-state index contributed by atoms with van der Waals surface area (Å²) < 4.78 is 39.6. The number of rotatable bonds is 8. The van der Waals surface area contributed by atoms with E-state index in [0.717, 1.165) is 36.6 Å². The highest BCUT2D eigenvalue weighted by Gasteiger charge is 2.34. The van der Waals surface area contributed by atoms with Crippen LogP contribution in [0.5, 0.6) is 11.5 Å². The lowest BCUT2D eigenvalue weighted by Crippen LogP contribution is -2.45. The second-order valence-corrected chi connectivity index (χ2v) is 10.7. The first-order valence-corrected chi connectivity index (χ1v) is 12.9. The van der Waals surface area contributed by atoms with E-state index in [9.17, 15) is 13.2 Å². The van der Waals surface area contributed by atoms with Gasteiger partial charge in [0.25, 0.3) is 0 Å². The van der Waals surface area contributed by atoms with Crippen molar-refractivity contribution < 1.29 is 22.7 Å². The molecule has 0 atom stereocenters. The van der Waals surface area contributed by atoms with Gasteiger partial charge in [-0.05, 0) is 37.1 Å². The predicted molar refractivity (Wildman–Crippen MR) is 128 cm³/mol. The normalized spacial score (nSPS) is 14.9. The van der Waals surface area contributed by atoms with Crippen LogP contribution in [0.4, 0.5) is 5.69 Å². The molecule has 1 fully saturated rings. The molecule has 0 heterocycles. The summed E-state index contributed by atoms with van der Waals surface area (Å²) in [4.78, 5) is 13.2. The highest BCUT2D eigenvalue weighted by Crippen LogP contribution is 2.36. The standard InChI is InChI=1S/C22H26BrClN2O5S/c1-30-20-13-19(21(31-2)12-18(20)24)25-22(27)14-26(16-6-4-3-5-7-16)32(28,29)17-10-8-15(23)9-11-17/h8-13,16H,3-7,14H2,1-2H3,(H,25,27). The third-order valence-corrected chi connectivity index (χ3v) is 8.19. The number of sulfonamides is 1. The molecule has 0 radical (unpaired) electrons. The Morgan fingerprint density at radius 2 is 1.72 bits per heavy atom. The van der Waals surface area contributed by atoms with Crippen molar-refractivity contribution in [3.63, 3.8) is 0 Å². The summed E-state index contributed by atoms with van der Waals surface area (Å²) in [5, 5.41) is 3.09. The molecular formula is C22H26BrClN2O5S. The van der Waals surface area contributed by atoms with Gasteiger partial charge >= 0.3 is 0 Å². The van der Waals surface area contributed by atoms with Crippen molar-refractivity contribution in [2.24, 2.45) is 0 Å². The zero-order chi connectivity index (χ0) is 23.3. The minimum Gasteiger partial charge on any atom is -0.495 e. The minimum absolute atomic E-state index is 0.157. The summed E-state index contributed by atoms with van der Waals surface area (Å²) >= 11 is 9.46. The monoisotopic (exact) mass is 544 g/mol. The maximum absolute atomic E-state index is 13.5. The number of methoxy groups -OCH3 is 2. The molecule has 1 saturated carbocycles. The van der Waals surface area contributed by atoms with Crippen LogP contribution in [0.15, 0.2) is 45.8 Å². The van der Waals surface area contributed by atoms with E-state index in [1.807, 2.05) is 0 Å². The average molecular weight is 546 g/mol. The van der Waals surface area contributed by atoms with Gasteiger partial charge in [-0.3, -0.25) is 4.79 Å². The summed E-state index contributed by atoms with van der Waals surface area (Å²) in [6.45, 7) is -0.308. The number of nitrogens with zero attached hydrogens (tertiary/aromatic N) is 1. The van der Waals surface area contributed by atoms with Gasteiger partial charge in [0.2, 0.25) is 15.9 Å². The van der Waals surface area contributed by atoms with Crippen LogP contribution in [0.25, 0.3) is 0 Å². The van der Waals surface area contributed by atoms with E-state index in [2.05, 4.69) is 21.2 Å². The van der Waals surface area contributed by atoms with Crippen LogP contribution >= 0.6 is 27.5 Å². The summed E-state index contributed by atoms with van der Waals surface area (Å²) in [5.74, 6) is 0.248. The van der Waals surface area contributed by atoms with Crippen molar-refractivity contribution in [2.75, 3.05) is 26.1 Å². The van der Waals surface area contributed by atoms with Crippen molar-refractivity contribution >= 4 is 49.1 Å². The molecular weight excluding hydrogens is 520 g/mol. The van der Waals surface area contributed by atoms with E-state index in [0.29, 0.717) is 22.2 Å². The number of benzene rings is 2. The fourth-order valence-corrected chi connectivity index (χ4v) is 5.95. The lowest BCUT2D eigenvalue weighted by molar-refractivity contribution is -0.116. The van der Waals surface area contributed by atoms with E-state index in [4.69, 9.17) is 21.1 Å². The lowest BCUT2D eigenvalue weighted by Gasteiger charge is -2.33. The SMILES string of the molecule is COc1cc(NC(=O)CN(C2CCCCC2)S(=O)(=O)c2ccc(Br)cc2)c(OC)cc1Cl. The van der Waals surface area contributed by atoms with Gasteiger partial charge in [-0.1, -0.05) is 46.8 Å². The molecule has 0 unspecified atom stereocenters. The van der Waals surface area contributed by atoms with E-state index in [1.54, 1.807) is 30.3 Å². The van der Waals surface area contributed by atoms with Crippen LogP contribution in [0.3, 0.4) is 0 Å². The summed E-state index contributed by atoms with van der Waals surface area (Å²) in [5.41, 5.74) is 0.350. The van der Waals surface area contributed by atoms with E-state index in [-0.39, 0.29) is 17.5 Å². The van der Waals surface area contributed by atoms with Crippen LogP contribution in [0, 0.1) is 0 Å². The zero-order valence-corrected chi connectivity index (χ0v) is 21.1. The van der Waals surface area contributed by atoms with Crippen LogP contribution in [0.1, 0.15) is 32.1 Å². The van der Waals surface area contributed by atoms with Gasteiger partial charge < -0.3 is 14.8 Å². The van der Waals surface area contributed by atoms with Crippen molar-refractivity contribution in [1.29, 1.82) is 0 Å². The smallest absolute Gasteiger partial charge is 0.243 e. The maximum atomic E-state index is 13.5. The van der Waals surface area contributed by atoms with Crippen LogP contribution in [0.2, 0.25) is 5.02 Å². The third kappa shape index (κ3) is 5.75. The first-order valence-electron chi connectivity index (χ1n) is 10.2. The zero-order valence-electron chi connectivity index (χ0n) is 17.9. The Kier molecular flexibility index (Phi) is 8.43. The quantitative estimate of drug-likeness (QED) is 0.500. The van der Waals surface area contributed by atoms with Crippen LogP contribution in [-0.4, -0.2) is 45.4 Å². The van der Waals surface area contributed by atoms with Gasteiger partial charge in [0, 0.05) is 22.6 Å². The van der Waals surface area contributed by atoms with Gasteiger partial charge in [-0.2, -0.15) is 4.31 Å². The highest BCUT2D eigenvalue weighted by atomic mass is 79.9. The molecule has 0 bridgehead atoms. The Balaban J connectivity index is 1.88. The summed E-state index contributed by atoms with van der Waals surface area (Å²) in [7, 11) is -0.940. The van der Waals surface area contributed by atoms with E-state index < -0.39 is 15.9 Å². The van der Waals surface area contributed by atoms with Crippen molar-refractivity contribution in [2.45, 2.75) is 43.0 Å². The molecule has 0 aliphatic heterocycles. The molecule has 2 aromatic rings. The number of carbonyl (C=O) groups excluding carboxylic acids is 1. The third-order valence-electron chi connectivity index (χ3n) is 5.45. The van der Waals surface area contributed by atoms with Gasteiger partial charge in [-0.15, -0.1) is 0 Å². The first-order chi connectivity index (χ1) is 15.3. The molecule has 1 aliphatic carbocycles. The number of carbonyl (C=O) groups is 1. The fourth-order valence-electron chi connectivity index (χ4n) is 3.81. The molecule has 1 amide bonds. The Hall–Kier alpha value is -1.81. The molecule has 0 saturated heterocycles. The Morgan fingerprint density at radius 3 is 2.31 bits per heavy atom. The van der Waals surface area contributed by atoms with Crippen LogP contribution < -0.4 is 14.8 Å². The van der Waals surface area contributed by atoms with E-state index >= 15 is 0 Å².